The van der Waals surface area contributed by atoms with Gasteiger partial charge in [-0.1, -0.05) is 6.92 Å². The van der Waals surface area contributed by atoms with Gasteiger partial charge in [0.15, 0.2) is 0 Å². The summed E-state index contributed by atoms with van der Waals surface area (Å²) in [6, 6.07) is 0. The third-order valence-corrected chi connectivity index (χ3v) is 3.65. The van der Waals surface area contributed by atoms with Crippen molar-refractivity contribution in [3.05, 3.63) is 0 Å². The van der Waals surface area contributed by atoms with E-state index >= 15 is 0 Å². The van der Waals surface area contributed by atoms with Crippen molar-refractivity contribution in [3.8, 4) is 0 Å². The zero-order valence-electron chi connectivity index (χ0n) is 11.5. The van der Waals surface area contributed by atoms with Crippen LogP contribution in [0.4, 0.5) is 0 Å². The molecule has 0 radical (unpaired) electrons. The van der Waals surface area contributed by atoms with Crippen molar-refractivity contribution in [3.63, 3.8) is 0 Å². The highest BCUT2D eigenvalue weighted by atomic mass is 16.6. The van der Waals surface area contributed by atoms with E-state index in [1.54, 1.807) is 27.7 Å². The van der Waals surface area contributed by atoms with Crippen LogP contribution in [-0.2, 0) is 23.9 Å². The lowest BCUT2D eigenvalue weighted by molar-refractivity contribution is -0.167. The SMILES string of the molecule is CCC(=O)[C@@]1(C)C(=O)OC[C@@H]1C(C)(C)OC(C)=O. The van der Waals surface area contributed by atoms with Crippen LogP contribution in [-0.4, -0.2) is 29.9 Å². The molecule has 0 bridgehead atoms. The van der Waals surface area contributed by atoms with Gasteiger partial charge in [-0.15, -0.1) is 0 Å². The van der Waals surface area contributed by atoms with Gasteiger partial charge < -0.3 is 9.47 Å². The number of ether oxygens (including phenoxy) is 2. The highest BCUT2D eigenvalue weighted by Gasteiger charge is 2.59. The Hall–Kier alpha value is -1.39. The molecule has 1 heterocycles. The van der Waals surface area contributed by atoms with Gasteiger partial charge in [-0.05, 0) is 20.8 Å². The minimum atomic E-state index is -1.23. The topological polar surface area (TPSA) is 69.7 Å². The maximum absolute atomic E-state index is 12.0. The average molecular weight is 256 g/mol. The number of carbonyl (C=O) groups excluding carboxylic acids is 3. The van der Waals surface area contributed by atoms with Crippen molar-refractivity contribution in [2.75, 3.05) is 6.61 Å². The molecule has 0 unspecified atom stereocenters. The number of ketones is 1. The van der Waals surface area contributed by atoms with E-state index in [-0.39, 0.29) is 18.8 Å². The van der Waals surface area contributed by atoms with Gasteiger partial charge in [-0.3, -0.25) is 14.4 Å². The predicted octanol–water partition coefficient (Wildman–Crippen LogP) is 1.49. The summed E-state index contributed by atoms with van der Waals surface area (Å²) in [4.78, 5) is 35.0. The van der Waals surface area contributed by atoms with Crippen molar-refractivity contribution in [1.29, 1.82) is 0 Å². The summed E-state index contributed by atoms with van der Waals surface area (Å²) in [7, 11) is 0. The molecule has 0 aromatic rings. The summed E-state index contributed by atoms with van der Waals surface area (Å²) in [6.07, 6.45) is 0.248. The number of esters is 2. The van der Waals surface area contributed by atoms with Crippen LogP contribution in [0.5, 0.6) is 0 Å². The summed E-state index contributed by atoms with van der Waals surface area (Å²) in [5.74, 6) is -1.62. The normalized spacial score (nSPS) is 27.8. The first-order chi connectivity index (χ1) is 8.16. The van der Waals surface area contributed by atoms with Gasteiger partial charge in [0, 0.05) is 13.3 Å². The van der Waals surface area contributed by atoms with Gasteiger partial charge >= 0.3 is 11.9 Å². The Labute approximate surface area is 107 Å². The van der Waals surface area contributed by atoms with Gasteiger partial charge in [0.05, 0.1) is 12.5 Å². The molecule has 1 saturated heterocycles. The van der Waals surface area contributed by atoms with E-state index in [0.29, 0.717) is 0 Å². The Bertz CT molecular complexity index is 385. The molecule has 1 rings (SSSR count). The van der Waals surface area contributed by atoms with Gasteiger partial charge in [0.25, 0.3) is 0 Å². The van der Waals surface area contributed by atoms with Gasteiger partial charge in [0.2, 0.25) is 0 Å². The lowest BCUT2D eigenvalue weighted by Crippen LogP contribution is -2.49. The highest BCUT2D eigenvalue weighted by molar-refractivity contribution is 6.04. The Balaban J connectivity index is 3.11. The molecule has 18 heavy (non-hydrogen) atoms. The average Bonchev–Trinajstić information content (AvgIpc) is 2.54. The van der Waals surface area contributed by atoms with Crippen LogP contribution in [0.15, 0.2) is 0 Å². The maximum Gasteiger partial charge on any atom is 0.319 e. The Morgan fingerprint density at radius 3 is 2.50 bits per heavy atom. The summed E-state index contributed by atoms with van der Waals surface area (Å²) >= 11 is 0. The maximum atomic E-state index is 12.0. The molecule has 0 spiro atoms. The van der Waals surface area contributed by atoms with Crippen LogP contribution < -0.4 is 0 Å². The second-order valence-corrected chi connectivity index (χ2v) is 5.33. The predicted molar refractivity (Wildman–Crippen MR) is 63.7 cm³/mol. The third kappa shape index (κ3) is 2.26. The van der Waals surface area contributed by atoms with Crippen LogP contribution in [0, 0.1) is 11.3 Å². The van der Waals surface area contributed by atoms with Crippen LogP contribution in [0.25, 0.3) is 0 Å². The molecule has 2 atom stereocenters. The standard InChI is InChI=1S/C13H20O5/c1-6-10(15)13(5)9(7-17-11(13)16)12(3,4)18-8(2)14/h9H,6-7H2,1-5H3/t9-,13+/m1/s1. The third-order valence-electron chi connectivity index (χ3n) is 3.65. The lowest BCUT2D eigenvalue weighted by Gasteiger charge is -2.36. The monoisotopic (exact) mass is 256 g/mol. The summed E-state index contributed by atoms with van der Waals surface area (Å²) in [6.45, 7) is 8.07. The van der Waals surface area contributed by atoms with Crippen molar-refractivity contribution in [1.82, 2.24) is 0 Å². The lowest BCUT2D eigenvalue weighted by atomic mass is 9.68. The minimum Gasteiger partial charge on any atom is -0.464 e. The first-order valence-electron chi connectivity index (χ1n) is 6.06. The molecule has 1 aliphatic rings. The second-order valence-electron chi connectivity index (χ2n) is 5.33. The smallest absolute Gasteiger partial charge is 0.319 e. The molecule has 0 saturated carbocycles. The number of rotatable bonds is 4. The first-order valence-corrected chi connectivity index (χ1v) is 6.06. The minimum absolute atomic E-state index is 0.0986. The fraction of sp³-hybridized carbons (Fsp3) is 0.769. The van der Waals surface area contributed by atoms with E-state index in [1.165, 1.54) is 6.92 Å². The molecule has 0 N–H and O–H groups in total. The number of hydrogen-bond donors (Lipinski definition) is 0. The van der Waals surface area contributed by atoms with Crippen molar-refractivity contribution >= 4 is 17.7 Å². The molecule has 5 nitrogen and oxygen atoms in total. The van der Waals surface area contributed by atoms with Crippen LogP contribution in [0.2, 0.25) is 0 Å². The van der Waals surface area contributed by atoms with E-state index in [1.807, 2.05) is 0 Å². The highest BCUT2D eigenvalue weighted by Crippen LogP contribution is 2.44. The molecule has 1 fully saturated rings. The van der Waals surface area contributed by atoms with E-state index in [2.05, 4.69) is 0 Å². The van der Waals surface area contributed by atoms with E-state index in [0.717, 1.165) is 0 Å². The number of carbonyl (C=O) groups is 3. The van der Waals surface area contributed by atoms with Crippen LogP contribution >= 0.6 is 0 Å². The Morgan fingerprint density at radius 1 is 1.50 bits per heavy atom. The van der Waals surface area contributed by atoms with E-state index in [9.17, 15) is 14.4 Å². The molecule has 102 valence electrons. The van der Waals surface area contributed by atoms with Crippen molar-refractivity contribution in [2.24, 2.45) is 11.3 Å². The first kappa shape index (κ1) is 14.7. The summed E-state index contributed by atoms with van der Waals surface area (Å²) in [5.41, 5.74) is -2.15. The van der Waals surface area contributed by atoms with Gasteiger partial charge in [-0.25, -0.2) is 0 Å². The fourth-order valence-electron chi connectivity index (χ4n) is 2.63. The number of cyclic esters (lactones) is 1. The van der Waals surface area contributed by atoms with Gasteiger partial charge in [-0.2, -0.15) is 0 Å². The van der Waals surface area contributed by atoms with Crippen molar-refractivity contribution in [2.45, 2.75) is 46.6 Å². The zero-order valence-corrected chi connectivity index (χ0v) is 11.5. The molecule has 0 aromatic heterocycles. The number of hydrogen-bond acceptors (Lipinski definition) is 5. The molecule has 0 aliphatic carbocycles. The molecule has 1 aliphatic heterocycles. The number of Topliss-reactive ketones (excluding diaryl/α,β-unsaturated/α-hetero) is 1. The van der Waals surface area contributed by atoms with E-state index < -0.39 is 28.9 Å². The van der Waals surface area contributed by atoms with Crippen LogP contribution in [0.1, 0.15) is 41.0 Å². The van der Waals surface area contributed by atoms with Crippen molar-refractivity contribution < 1.29 is 23.9 Å². The zero-order chi connectivity index (χ0) is 14.1. The Kier molecular flexibility index (Phi) is 3.84. The fourth-order valence-corrected chi connectivity index (χ4v) is 2.63. The van der Waals surface area contributed by atoms with Gasteiger partial charge in [0.1, 0.15) is 16.8 Å². The molecule has 5 heteroatoms. The summed E-state index contributed by atoms with van der Waals surface area (Å²) < 4.78 is 10.3. The molecule has 0 amide bonds. The largest absolute Gasteiger partial charge is 0.464 e. The summed E-state index contributed by atoms with van der Waals surface area (Å²) in [5, 5.41) is 0. The molecular formula is C13H20O5. The van der Waals surface area contributed by atoms with E-state index in [4.69, 9.17) is 9.47 Å². The molecular weight excluding hydrogens is 236 g/mol. The molecule has 0 aromatic carbocycles. The quantitative estimate of drug-likeness (QED) is 0.563. The Morgan fingerprint density at radius 2 is 2.06 bits per heavy atom. The van der Waals surface area contributed by atoms with Crippen LogP contribution in [0.3, 0.4) is 0 Å². The second kappa shape index (κ2) is 4.71.